The molecule has 0 spiro atoms. The minimum absolute atomic E-state index is 0.219. The van der Waals surface area contributed by atoms with Crippen molar-refractivity contribution in [3.63, 3.8) is 0 Å². The third-order valence-electron chi connectivity index (χ3n) is 4.99. The van der Waals surface area contributed by atoms with Gasteiger partial charge in [-0.15, -0.1) is 0 Å². The molecule has 1 aliphatic heterocycles. The third kappa shape index (κ3) is 4.92. The monoisotopic (exact) mass is 516 g/mol. The number of benzene rings is 2. The number of fused-ring (bicyclic) bond motifs is 1. The van der Waals surface area contributed by atoms with E-state index in [0.717, 1.165) is 12.1 Å². The van der Waals surface area contributed by atoms with Crippen LogP contribution in [0.5, 0.6) is 0 Å². The maximum atomic E-state index is 13.7. The summed E-state index contributed by atoms with van der Waals surface area (Å²) in [6.07, 6.45) is -5.01. The SMILES string of the molecule is O=C(c1ccc(Nc2nc(C(F)(F)F)c3c(Cl)ccc(S(=O)(=O)O)c3n2)cc1)N1CCOCC1. The summed E-state index contributed by atoms with van der Waals surface area (Å²) in [5.74, 6) is -0.803. The van der Waals surface area contributed by atoms with E-state index >= 15 is 0 Å². The summed E-state index contributed by atoms with van der Waals surface area (Å²) in [5.41, 5.74) is -1.57. The molecule has 2 aromatic carbocycles. The highest BCUT2D eigenvalue weighted by atomic mass is 35.5. The van der Waals surface area contributed by atoms with Crippen molar-refractivity contribution in [3.8, 4) is 0 Å². The number of ether oxygens (including phenoxy) is 1. The second-order valence-electron chi connectivity index (χ2n) is 7.24. The van der Waals surface area contributed by atoms with Gasteiger partial charge < -0.3 is 15.0 Å². The summed E-state index contributed by atoms with van der Waals surface area (Å²) in [6, 6.07) is 7.59. The Morgan fingerprint density at radius 1 is 1.09 bits per heavy atom. The van der Waals surface area contributed by atoms with E-state index in [-0.39, 0.29) is 11.6 Å². The minimum Gasteiger partial charge on any atom is -0.378 e. The molecule has 34 heavy (non-hydrogen) atoms. The smallest absolute Gasteiger partial charge is 0.378 e. The Bertz CT molecular complexity index is 1360. The molecule has 1 saturated heterocycles. The normalized spacial score (nSPS) is 14.9. The van der Waals surface area contributed by atoms with Crippen molar-refractivity contribution in [2.24, 2.45) is 0 Å². The molecule has 0 radical (unpaired) electrons. The van der Waals surface area contributed by atoms with Crippen LogP contribution >= 0.6 is 11.6 Å². The molecule has 180 valence electrons. The van der Waals surface area contributed by atoms with Crippen LogP contribution in [0.3, 0.4) is 0 Å². The fourth-order valence-corrected chi connectivity index (χ4v) is 4.29. The molecule has 0 bridgehead atoms. The first-order chi connectivity index (χ1) is 15.9. The Labute approximate surface area is 196 Å². The fourth-order valence-electron chi connectivity index (χ4n) is 3.42. The molecule has 4 rings (SSSR count). The summed E-state index contributed by atoms with van der Waals surface area (Å²) < 4.78 is 79.3. The lowest BCUT2D eigenvalue weighted by Gasteiger charge is -2.26. The fraction of sp³-hybridized carbons (Fsp3) is 0.250. The Morgan fingerprint density at radius 2 is 1.74 bits per heavy atom. The molecule has 2 heterocycles. The molecule has 3 aromatic rings. The van der Waals surface area contributed by atoms with Crippen LogP contribution in [0.1, 0.15) is 16.1 Å². The lowest BCUT2D eigenvalue weighted by molar-refractivity contribution is -0.139. The number of carbonyl (C=O) groups excluding carboxylic acids is 1. The minimum atomic E-state index is -5.01. The standard InChI is InChI=1S/C20H16ClF3N4O5S/c21-13-5-6-14(34(30,31)32)16-15(13)17(20(22,23)24)27-19(26-16)25-12-3-1-11(2-4-12)18(29)28-7-9-33-10-8-28/h1-6H,7-10H2,(H,25,26,27)(H,30,31,32). The average molecular weight is 517 g/mol. The molecule has 0 aliphatic carbocycles. The van der Waals surface area contributed by atoms with Gasteiger partial charge in [-0.3, -0.25) is 9.35 Å². The topological polar surface area (TPSA) is 122 Å². The molecule has 1 fully saturated rings. The summed E-state index contributed by atoms with van der Waals surface area (Å²) in [4.78, 5) is 20.7. The Hall–Kier alpha value is -3.00. The number of rotatable bonds is 4. The zero-order valence-corrected chi connectivity index (χ0v) is 18.7. The average Bonchev–Trinajstić information content (AvgIpc) is 2.78. The molecule has 0 atom stereocenters. The van der Waals surface area contributed by atoms with Crippen LogP contribution in [0.25, 0.3) is 10.9 Å². The second kappa shape index (κ2) is 8.98. The van der Waals surface area contributed by atoms with Crippen LogP contribution in [0.15, 0.2) is 41.3 Å². The van der Waals surface area contributed by atoms with Crippen molar-refractivity contribution >= 4 is 50.2 Å². The van der Waals surface area contributed by atoms with E-state index in [9.17, 15) is 30.9 Å². The zero-order valence-electron chi connectivity index (χ0n) is 17.1. The lowest BCUT2D eigenvalue weighted by atomic mass is 10.1. The molecule has 14 heteroatoms. The number of aromatic nitrogens is 2. The van der Waals surface area contributed by atoms with Gasteiger partial charge >= 0.3 is 6.18 Å². The Kier molecular flexibility index (Phi) is 6.38. The van der Waals surface area contributed by atoms with Crippen LogP contribution in [0.2, 0.25) is 5.02 Å². The molecule has 2 N–H and O–H groups in total. The van der Waals surface area contributed by atoms with Crippen LogP contribution < -0.4 is 5.32 Å². The quantitative estimate of drug-likeness (QED) is 0.503. The zero-order chi connectivity index (χ0) is 24.7. The van der Waals surface area contributed by atoms with Gasteiger partial charge in [-0.25, -0.2) is 9.97 Å². The van der Waals surface area contributed by atoms with E-state index in [2.05, 4.69) is 15.3 Å². The first-order valence-electron chi connectivity index (χ1n) is 9.74. The number of anilines is 2. The van der Waals surface area contributed by atoms with Gasteiger partial charge in [0.15, 0.2) is 5.69 Å². The van der Waals surface area contributed by atoms with Crippen LogP contribution in [0.4, 0.5) is 24.8 Å². The number of nitrogens with one attached hydrogen (secondary N) is 1. The van der Waals surface area contributed by atoms with Crippen molar-refractivity contribution in [1.29, 1.82) is 0 Å². The van der Waals surface area contributed by atoms with Crippen LogP contribution in [0, 0.1) is 0 Å². The molecule has 1 aliphatic rings. The molecule has 1 amide bonds. The van der Waals surface area contributed by atoms with Gasteiger partial charge in [0.05, 0.1) is 29.1 Å². The molecule has 1 aromatic heterocycles. The number of amides is 1. The van der Waals surface area contributed by atoms with E-state index < -0.39 is 48.8 Å². The first kappa shape index (κ1) is 24.1. The van der Waals surface area contributed by atoms with Gasteiger partial charge in [0, 0.05) is 24.3 Å². The summed E-state index contributed by atoms with van der Waals surface area (Å²) in [7, 11) is -4.92. The highest BCUT2D eigenvalue weighted by molar-refractivity contribution is 7.86. The van der Waals surface area contributed by atoms with Crippen LogP contribution in [-0.2, 0) is 21.0 Å². The Morgan fingerprint density at radius 3 is 2.32 bits per heavy atom. The number of nitrogens with zero attached hydrogens (tertiary/aromatic N) is 3. The number of alkyl halides is 3. The largest absolute Gasteiger partial charge is 0.434 e. The van der Waals surface area contributed by atoms with E-state index in [0.29, 0.717) is 31.9 Å². The molecule has 9 nitrogen and oxygen atoms in total. The highest BCUT2D eigenvalue weighted by Crippen LogP contribution is 2.39. The third-order valence-corrected chi connectivity index (χ3v) is 6.20. The number of hydrogen-bond donors (Lipinski definition) is 2. The summed E-state index contributed by atoms with van der Waals surface area (Å²) in [5, 5.41) is 1.37. The number of morpholine rings is 1. The van der Waals surface area contributed by atoms with Gasteiger partial charge in [-0.05, 0) is 36.4 Å². The van der Waals surface area contributed by atoms with Crippen molar-refractivity contribution in [3.05, 3.63) is 52.7 Å². The first-order valence-corrected chi connectivity index (χ1v) is 11.6. The molecular formula is C20H16ClF3N4O5S. The predicted molar refractivity (Wildman–Crippen MR) is 116 cm³/mol. The van der Waals surface area contributed by atoms with Gasteiger partial charge in [-0.1, -0.05) is 11.6 Å². The summed E-state index contributed by atoms with van der Waals surface area (Å²) >= 11 is 5.89. The van der Waals surface area contributed by atoms with Crippen molar-refractivity contribution in [2.75, 3.05) is 31.6 Å². The second-order valence-corrected chi connectivity index (χ2v) is 9.04. The number of hydrogen-bond acceptors (Lipinski definition) is 7. The number of halogens is 4. The molecule has 0 unspecified atom stereocenters. The van der Waals surface area contributed by atoms with Gasteiger partial charge in [0.2, 0.25) is 5.95 Å². The maximum Gasteiger partial charge on any atom is 0.434 e. The molecular weight excluding hydrogens is 501 g/mol. The molecule has 0 saturated carbocycles. The predicted octanol–water partition coefficient (Wildman–Crippen LogP) is 3.76. The van der Waals surface area contributed by atoms with Crippen molar-refractivity contribution in [1.82, 2.24) is 14.9 Å². The van der Waals surface area contributed by atoms with E-state index in [1.165, 1.54) is 24.3 Å². The van der Waals surface area contributed by atoms with Gasteiger partial charge in [-0.2, -0.15) is 21.6 Å². The summed E-state index contributed by atoms with van der Waals surface area (Å²) in [6.45, 7) is 1.76. The van der Waals surface area contributed by atoms with E-state index in [1.807, 2.05) is 0 Å². The highest BCUT2D eigenvalue weighted by Gasteiger charge is 2.37. The lowest BCUT2D eigenvalue weighted by Crippen LogP contribution is -2.40. The van der Waals surface area contributed by atoms with E-state index in [4.69, 9.17) is 16.3 Å². The number of carbonyl (C=O) groups is 1. The Balaban J connectivity index is 1.73. The van der Waals surface area contributed by atoms with Gasteiger partial charge in [0.25, 0.3) is 16.0 Å². The van der Waals surface area contributed by atoms with Crippen molar-refractivity contribution in [2.45, 2.75) is 11.1 Å². The van der Waals surface area contributed by atoms with Crippen molar-refractivity contribution < 1.29 is 35.7 Å². The van der Waals surface area contributed by atoms with E-state index in [1.54, 1.807) is 4.90 Å². The maximum absolute atomic E-state index is 13.7. The van der Waals surface area contributed by atoms with Gasteiger partial charge in [0.1, 0.15) is 4.90 Å². The van der Waals surface area contributed by atoms with Crippen LogP contribution in [-0.4, -0.2) is 60.0 Å².